The number of halogens is 2. The number of aromatic nitrogens is 1. The minimum Gasteiger partial charge on any atom is -0.435 e. The summed E-state index contributed by atoms with van der Waals surface area (Å²) >= 11 is 0. The van der Waals surface area contributed by atoms with Crippen molar-refractivity contribution in [2.24, 2.45) is 0 Å². The van der Waals surface area contributed by atoms with Gasteiger partial charge in [0.2, 0.25) is 10.0 Å². The zero-order valence-corrected chi connectivity index (χ0v) is 17.2. The summed E-state index contributed by atoms with van der Waals surface area (Å²) in [6, 6.07) is 11.9. The lowest BCUT2D eigenvalue weighted by molar-refractivity contribution is -0.0497. The molecule has 0 saturated heterocycles. The van der Waals surface area contributed by atoms with Gasteiger partial charge in [-0.05, 0) is 38.1 Å². The summed E-state index contributed by atoms with van der Waals surface area (Å²) in [7, 11) is -1.56. The Labute approximate surface area is 168 Å². The van der Waals surface area contributed by atoms with Crippen LogP contribution in [0, 0.1) is 0 Å². The molecule has 0 radical (unpaired) electrons. The average molecular weight is 423 g/mol. The number of benzene rings is 2. The monoisotopic (exact) mass is 423 g/mol. The van der Waals surface area contributed by atoms with E-state index in [4.69, 9.17) is 0 Å². The Morgan fingerprint density at radius 1 is 1.10 bits per heavy atom. The maximum Gasteiger partial charge on any atom is 0.387 e. The summed E-state index contributed by atoms with van der Waals surface area (Å²) in [5, 5.41) is 4.07. The Balaban J connectivity index is 2.10. The van der Waals surface area contributed by atoms with Gasteiger partial charge in [-0.2, -0.15) is 8.78 Å². The van der Waals surface area contributed by atoms with E-state index in [0.29, 0.717) is 12.2 Å². The Morgan fingerprint density at radius 3 is 2.34 bits per heavy atom. The second kappa shape index (κ2) is 8.28. The summed E-state index contributed by atoms with van der Waals surface area (Å²) in [6.07, 6.45) is 0. The summed E-state index contributed by atoms with van der Waals surface area (Å²) in [5.41, 5.74) is 3.84. The predicted molar refractivity (Wildman–Crippen MR) is 112 cm³/mol. The fourth-order valence-corrected chi connectivity index (χ4v) is 3.97. The number of rotatable bonds is 8. The minimum atomic E-state index is -3.35. The molecule has 6 nitrogen and oxygen atoms in total. The van der Waals surface area contributed by atoms with Crippen molar-refractivity contribution in [1.29, 1.82) is 0 Å². The highest BCUT2D eigenvalue weighted by Crippen LogP contribution is 2.39. The number of anilines is 2. The smallest absolute Gasteiger partial charge is 0.387 e. The first-order chi connectivity index (χ1) is 13.8. The highest BCUT2D eigenvalue weighted by atomic mass is 32.2. The third-order valence-electron chi connectivity index (χ3n) is 4.64. The van der Waals surface area contributed by atoms with Crippen LogP contribution in [-0.4, -0.2) is 32.4 Å². The molecule has 1 heterocycles. The van der Waals surface area contributed by atoms with Gasteiger partial charge in [0.15, 0.2) is 0 Å². The number of fused-ring (bicyclic) bond motifs is 1. The summed E-state index contributed by atoms with van der Waals surface area (Å²) in [5.74, 6) is 0.0874. The van der Waals surface area contributed by atoms with Crippen molar-refractivity contribution in [1.82, 2.24) is 4.57 Å². The van der Waals surface area contributed by atoms with Crippen molar-refractivity contribution in [3.8, 4) is 17.0 Å². The molecule has 29 heavy (non-hydrogen) atoms. The lowest BCUT2D eigenvalue weighted by Crippen LogP contribution is -2.14. The van der Waals surface area contributed by atoms with Crippen molar-refractivity contribution < 1.29 is 21.9 Å². The van der Waals surface area contributed by atoms with Gasteiger partial charge in [-0.3, -0.25) is 4.72 Å². The van der Waals surface area contributed by atoms with Gasteiger partial charge < -0.3 is 14.6 Å². The highest BCUT2D eigenvalue weighted by molar-refractivity contribution is 7.92. The molecule has 3 aromatic rings. The van der Waals surface area contributed by atoms with E-state index in [1.165, 1.54) is 6.07 Å². The first-order valence-electron chi connectivity index (χ1n) is 9.19. The van der Waals surface area contributed by atoms with Gasteiger partial charge in [-0.1, -0.05) is 12.1 Å². The Kier molecular flexibility index (Phi) is 5.97. The van der Waals surface area contributed by atoms with Crippen molar-refractivity contribution in [3.63, 3.8) is 0 Å². The first-order valence-corrected chi connectivity index (χ1v) is 10.8. The predicted octanol–water partition coefficient (Wildman–Crippen LogP) is 4.73. The zero-order chi connectivity index (χ0) is 21.2. The molecule has 0 amide bonds. The van der Waals surface area contributed by atoms with Crippen LogP contribution in [-0.2, 0) is 16.6 Å². The lowest BCUT2D eigenvalue weighted by atomic mass is 10.1. The van der Waals surface area contributed by atoms with Crippen molar-refractivity contribution >= 4 is 32.3 Å². The topological polar surface area (TPSA) is 72.4 Å². The van der Waals surface area contributed by atoms with Gasteiger partial charge in [-0.25, -0.2) is 8.42 Å². The molecule has 0 aliphatic heterocycles. The third kappa shape index (κ3) is 4.29. The Hall–Kier alpha value is -2.81. The van der Waals surface area contributed by atoms with E-state index in [1.54, 1.807) is 38.2 Å². The largest absolute Gasteiger partial charge is 0.435 e. The number of hydrogen-bond donors (Lipinski definition) is 2. The third-order valence-corrected chi connectivity index (χ3v) is 5.95. The number of nitrogens with one attached hydrogen (secondary N) is 2. The van der Waals surface area contributed by atoms with Gasteiger partial charge >= 0.3 is 6.61 Å². The minimum absolute atomic E-state index is 0.00818. The molecular formula is C20H23F2N3O3S. The molecule has 156 valence electrons. The van der Waals surface area contributed by atoms with Crippen molar-refractivity contribution in [2.75, 3.05) is 22.8 Å². The second-order valence-electron chi connectivity index (χ2n) is 6.36. The number of nitrogens with zero attached hydrogens (tertiary/aromatic N) is 1. The molecule has 0 fully saturated rings. The molecule has 2 N–H and O–H groups in total. The molecule has 0 bridgehead atoms. The van der Waals surface area contributed by atoms with Gasteiger partial charge in [-0.15, -0.1) is 0 Å². The summed E-state index contributed by atoms with van der Waals surface area (Å²) in [4.78, 5) is 0. The van der Waals surface area contributed by atoms with Crippen LogP contribution in [0.25, 0.3) is 22.2 Å². The fourth-order valence-electron chi connectivity index (χ4n) is 3.33. The zero-order valence-electron chi connectivity index (χ0n) is 16.4. The standard InChI is InChI=1S/C20H23F2N3O3S/c1-4-25-17-12-15(28-20(21)22)10-11-16(17)18(23-3)19(25)13-6-8-14(9-7-13)24-29(26,27)5-2/h6-12,20,23-24H,4-5H2,1-3H3. The number of alkyl halides is 2. The van der Waals surface area contributed by atoms with E-state index in [1.807, 2.05) is 23.6 Å². The number of ether oxygens (including phenoxy) is 1. The maximum atomic E-state index is 12.6. The molecule has 0 aliphatic carbocycles. The molecule has 1 aromatic heterocycles. The molecule has 3 rings (SSSR count). The summed E-state index contributed by atoms with van der Waals surface area (Å²) < 4.78 is 57.8. The number of sulfonamides is 1. The highest BCUT2D eigenvalue weighted by Gasteiger charge is 2.19. The van der Waals surface area contributed by atoms with E-state index in [9.17, 15) is 17.2 Å². The van der Waals surface area contributed by atoms with Crippen LogP contribution in [0.3, 0.4) is 0 Å². The molecule has 0 saturated carbocycles. The van der Waals surface area contributed by atoms with E-state index in [-0.39, 0.29) is 11.5 Å². The first kappa shape index (κ1) is 20.9. The van der Waals surface area contributed by atoms with Gasteiger partial charge in [0.05, 0.1) is 22.7 Å². The summed E-state index contributed by atoms with van der Waals surface area (Å²) in [6.45, 7) is 1.25. The van der Waals surface area contributed by atoms with Gasteiger partial charge in [0.25, 0.3) is 0 Å². The quantitative estimate of drug-likeness (QED) is 0.549. The Bertz CT molecular complexity index is 1110. The van der Waals surface area contributed by atoms with Crippen LogP contribution in [0.4, 0.5) is 20.2 Å². The molecular weight excluding hydrogens is 400 g/mol. The number of hydrogen-bond acceptors (Lipinski definition) is 4. The SMILES string of the molecule is CCn1c(-c2ccc(NS(=O)(=O)CC)cc2)c(NC)c2ccc(OC(F)F)cc21. The van der Waals surface area contributed by atoms with E-state index >= 15 is 0 Å². The van der Waals surface area contributed by atoms with Crippen LogP contribution in [0.5, 0.6) is 5.75 Å². The van der Waals surface area contributed by atoms with E-state index in [0.717, 1.165) is 27.8 Å². The van der Waals surface area contributed by atoms with E-state index in [2.05, 4.69) is 14.8 Å². The van der Waals surface area contributed by atoms with Gasteiger partial charge in [0.1, 0.15) is 5.75 Å². The van der Waals surface area contributed by atoms with Crippen molar-refractivity contribution in [2.45, 2.75) is 27.0 Å². The van der Waals surface area contributed by atoms with E-state index < -0.39 is 16.6 Å². The van der Waals surface area contributed by atoms with Gasteiger partial charge in [0, 0.05) is 36.3 Å². The molecule has 0 aliphatic rings. The molecule has 0 unspecified atom stereocenters. The van der Waals surface area contributed by atoms with Crippen LogP contribution in [0.2, 0.25) is 0 Å². The van der Waals surface area contributed by atoms with Crippen LogP contribution in [0.15, 0.2) is 42.5 Å². The second-order valence-corrected chi connectivity index (χ2v) is 8.37. The maximum absolute atomic E-state index is 12.6. The van der Waals surface area contributed by atoms with Crippen LogP contribution in [0.1, 0.15) is 13.8 Å². The van der Waals surface area contributed by atoms with Crippen LogP contribution < -0.4 is 14.8 Å². The molecule has 2 aromatic carbocycles. The fraction of sp³-hybridized carbons (Fsp3) is 0.300. The molecule has 0 atom stereocenters. The normalized spacial score (nSPS) is 11.8. The Morgan fingerprint density at radius 2 is 1.79 bits per heavy atom. The average Bonchev–Trinajstić information content (AvgIpc) is 3.00. The molecule has 0 spiro atoms. The van der Waals surface area contributed by atoms with Crippen LogP contribution >= 0.6 is 0 Å². The van der Waals surface area contributed by atoms with Crippen molar-refractivity contribution in [3.05, 3.63) is 42.5 Å². The molecule has 9 heteroatoms. The lowest BCUT2D eigenvalue weighted by Gasteiger charge is -2.12. The number of aryl methyl sites for hydroxylation is 1.